The van der Waals surface area contributed by atoms with Crippen molar-refractivity contribution in [2.24, 2.45) is 0 Å². The summed E-state index contributed by atoms with van der Waals surface area (Å²) in [5, 5.41) is 0. The van der Waals surface area contributed by atoms with E-state index in [2.05, 4.69) is 65.8 Å². The molecule has 0 aromatic carbocycles. The van der Waals surface area contributed by atoms with Crippen LogP contribution >= 0.6 is 0 Å². The Labute approximate surface area is 349 Å². The van der Waals surface area contributed by atoms with E-state index in [9.17, 15) is 4.79 Å². The van der Waals surface area contributed by atoms with Crippen molar-refractivity contribution >= 4 is 30.9 Å². The number of carbonyl (C=O) groups is 1. The first kappa shape index (κ1) is 50.0. The highest BCUT2D eigenvalue weighted by Crippen LogP contribution is 2.36. The zero-order valence-corrected chi connectivity index (χ0v) is 41.5. The van der Waals surface area contributed by atoms with Crippen LogP contribution in [0.2, 0.25) is 58.9 Å². The van der Waals surface area contributed by atoms with Crippen LogP contribution in [0.4, 0.5) is 0 Å². The molecule has 7 nitrogen and oxygen atoms in total. The number of rotatable bonds is 30. The van der Waals surface area contributed by atoms with Gasteiger partial charge in [0.2, 0.25) is 0 Å². The fourth-order valence-corrected chi connectivity index (χ4v) is 12.6. The molecular weight excluding hydrogens is 749 g/mol. The maximum Gasteiger partial charge on any atom is 0.334 e. The van der Waals surface area contributed by atoms with Gasteiger partial charge in [0.1, 0.15) is 6.10 Å². The van der Waals surface area contributed by atoms with Gasteiger partial charge in [-0.25, -0.2) is 4.79 Å². The van der Waals surface area contributed by atoms with Crippen molar-refractivity contribution in [2.75, 3.05) is 0 Å². The molecule has 10 heteroatoms. The minimum absolute atomic E-state index is 0.0964. The molecule has 0 aliphatic carbocycles. The number of carbonyl (C=O) groups excluding carboxylic acids is 1. The zero-order chi connectivity index (χ0) is 41.2. The number of cyclic esters (lactones) is 1. The van der Waals surface area contributed by atoms with Crippen molar-refractivity contribution in [2.45, 2.75) is 276 Å². The van der Waals surface area contributed by atoms with E-state index in [0.29, 0.717) is 6.42 Å². The second kappa shape index (κ2) is 25.4. The van der Waals surface area contributed by atoms with Gasteiger partial charge in [-0.15, -0.1) is 0 Å². The molecule has 0 radical (unpaired) electrons. The lowest BCUT2D eigenvalue weighted by Gasteiger charge is -2.40. The Morgan fingerprint density at radius 2 is 1.04 bits per heavy atom. The molecular formula is C46H90O7Si3. The summed E-state index contributed by atoms with van der Waals surface area (Å²) in [5.41, 5.74) is 0.792. The zero-order valence-electron chi connectivity index (χ0n) is 38.5. The number of hydrogen-bond acceptors (Lipinski definition) is 7. The van der Waals surface area contributed by atoms with Crippen LogP contribution in [0.15, 0.2) is 11.6 Å². The number of esters is 1. The Morgan fingerprint density at radius 3 is 1.50 bits per heavy atom. The van der Waals surface area contributed by atoms with E-state index in [0.717, 1.165) is 56.9 Å². The SMILES string of the molecule is CCCCCCCCCCCC[C@@H](O[Si](C)(C)C)[C@H]1CC[C@H]([C@H]2CCC[C@@H]([C@H](CCCCCCC[C@H](CC3=C[C@H](C)OC3=O)O[Si](C)(C)C)O[Si](C)(C)C)O2)O1. The molecule has 2 fully saturated rings. The number of ether oxygens (including phenoxy) is 3. The Morgan fingerprint density at radius 1 is 0.589 bits per heavy atom. The van der Waals surface area contributed by atoms with Gasteiger partial charge in [-0.2, -0.15) is 0 Å². The predicted molar refractivity (Wildman–Crippen MR) is 242 cm³/mol. The first-order valence-electron chi connectivity index (χ1n) is 23.7. The van der Waals surface area contributed by atoms with Gasteiger partial charge in [-0.3, -0.25) is 0 Å². The topological polar surface area (TPSA) is 72.5 Å². The van der Waals surface area contributed by atoms with Crippen LogP contribution < -0.4 is 0 Å². The molecule has 3 rings (SSSR count). The summed E-state index contributed by atoms with van der Waals surface area (Å²) in [6.07, 6.45) is 31.9. The second-order valence-electron chi connectivity index (χ2n) is 20.6. The third kappa shape index (κ3) is 21.3. The van der Waals surface area contributed by atoms with E-state index < -0.39 is 25.0 Å². The van der Waals surface area contributed by atoms with Crippen LogP contribution in [0.25, 0.3) is 0 Å². The lowest BCUT2D eigenvalue weighted by molar-refractivity contribution is -0.156. The largest absolute Gasteiger partial charge is 0.455 e. The quantitative estimate of drug-likeness (QED) is 0.0405. The minimum Gasteiger partial charge on any atom is -0.455 e. The van der Waals surface area contributed by atoms with Gasteiger partial charge in [-0.1, -0.05) is 103 Å². The molecule has 0 saturated carbocycles. The average Bonchev–Trinajstić information content (AvgIpc) is 3.71. The fraction of sp³-hybridized carbons (Fsp3) is 0.935. The maximum atomic E-state index is 12.3. The Balaban J connectivity index is 1.44. The van der Waals surface area contributed by atoms with Gasteiger partial charge in [0, 0.05) is 18.1 Å². The third-order valence-corrected chi connectivity index (χ3v) is 14.5. The number of hydrogen-bond donors (Lipinski definition) is 0. The maximum absolute atomic E-state index is 12.3. The molecule has 0 N–H and O–H groups in total. The van der Waals surface area contributed by atoms with Gasteiger partial charge in [-0.05, 0) is 123 Å². The third-order valence-electron chi connectivity index (χ3n) is 11.5. The van der Waals surface area contributed by atoms with E-state index in [-0.39, 0.29) is 54.8 Å². The van der Waals surface area contributed by atoms with E-state index in [4.69, 9.17) is 27.5 Å². The van der Waals surface area contributed by atoms with Crippen LogP contribution in [0.1, 0.15) is 168 Å². The first-order valence-corrected chi connectivity index (χ1v) is 33.9. The van der Waals surface area contributed by atoms with Crippen LogP contribution in [0, 0.1) is 0 Å². The van der Waals surface area contributed by atoms with Crippen molar-refractivity contribution in [1.82, 2.24) is 0 Å². The smallest absolute Gasteiger partial charge is 0.334 e. The van der Waals surface area contributed by atoms with Gasteiger partial charge in [0.05, 0.1) is 36.6 Å². The summed E-state index contributed by atoms with van der Waals surface area (Å²) in [4.78, 5) is 12.3. The Kier molecular flexibility index (Phi) is 22.7. The molecule has 8 atom stereocenters. The molecule has 3 heterocycles. The molecule has 3 aliphatic heterocycles. The van der Waals surface area contributed by atoms with Crippen LogP contribution in [-0.2, 0) is 32.3 Å². The predicted octanol–water partition coefficient (Wildman–Crippen LogP) is 13.4. The fourth-order valence-electron chi connectivity index (χ4n) is 9.02. The molecule has 0 unspecified atom stereocenters. The lowest BCUT2D eigenvalue weighted by Crippen LogP contribution is -2.46. The van der Waals surface area contributed by atoms with E-state index in [1.54, 1.807) is 0 Å². The van der Waals surface area contributed by atoms with Gasteiger partial charge >= 0.3 is 5.97 Å². The summed E-state index contributed by atoms with van der Waals surface area (Å²) < 4.78 is 39.5. The molecule has 0 bridgehead atoms. The van der Waals surface area contributed by atoms with E-state index in [1.165, 1.54) is 96.3 Å². The molecule has 0 aromatic rings. The molecule has 0 amide bonds. The van der Waals surface area contributed by atoms with Gasteiger partial charge in [0.15, 0.2) is 25.0 Å². The van der Waals surface area contributed by atoms with Gasteiger partial charge < -0.3 is 27.5 Å². The van der Waals surface area contributed by atoms with Crippen molar-refractivity contribution in [1.29, 1.82) is 0 Å². The van der Waals surface area contributed by atoms with Crippen LogP contribution in [0.3, 0.4) is 0 Å². The number of unbranched alkanes of at least 4 members (excludes halogenated alkanes) is 13. The molecule has 0 aromatic heterocycles. The Bertz CT molecular complexity index is 1110. The monoisotopic (exact) mass is 839 g/mol. The minimum atomic E-state index is -1.75. The molecule has 3 aliphatic rings. The van der Waals surface area contributed by atoms with E-state index >= 15 is 0 Å². The van der Waals surface area contributed by atoms with Crippen molar-refractivity contribution < 1.29 is 32.3 Å². The molecule has 2 saturated heterocycles. The second-order valence-corrected chi connectivity index (χ2v) is 34.0. The normalized spacial score (nSPS) is 25.3. The summed E-state index contributed by atoms with van der Waals surface area (Å²) in [6, 6.07) is 0. The molecule has 56 heavy (non-hydrogen) atoms. The summed E-state index contributed by atoms with van der Waals surface area (Å²) in [6.45, 7) is 24.9. The Hall–Kier alpha value is -0.339. The van der Waals surface area contributed by atoms with Crippen molar-refractivity contribution in [3.63, 3.8) is 0 Å². The lowest BCUT2D eigenvalue weighted by atomic mass is 9.94. The van der Waals surface area contributed by atoms with E-state index in [1.807, 2.05) is 13.0 Å². The standard InChI is InChI=1S/C46H90O7Si3/c1-12-13-14-15-16-17-18-19-22-25-30-45(53-56(9,10)11)43-34-33-42(50-43)40-31-27-32-41(49-40)44(52-55(6,7)8)29-26-23-20-21-24-28-39(51-54(3,4)5)36-38-35-37(2)48-46(38)47/h35,37,39-45H,12-34,36H2,1-11H3/t37-,39+,40+,41-,42+,43+,44-,45+/m0/s1. The highest BCUT2D eigenvalue weighted by atomic mass is 28.4. The molecule has 328 valence electrons. The van der Waals surface area contributed by atoms with Crippen molar-refractivity contribution in [3.05, 3.63) is 11.6 Å². The van der Waals surface area contributed by atoms with Crippen LogP contribution in [0.5, 0.6) is 0 Å². The highest BCUT2D eigenvalue weighted by molar-refractivity contribution is 6.70. The summed E-state index contributed by atoms with van der Waals surface area (Å²) >= 11 is 0. The molecule has 0 spiro atoms. The highest BCUT2D eigenvalue weighted by Gasteiger charge is 2.41. The van der Waals surface area contributed by atoms with Crippen LogP contribution in [-0.4, -0.2) is 79.8 Å². The first-order chi connectivity index (χ1) is 26.4. The average molecular weight is 839 g/mol. The summed E-state index contributed by atoms with van der Waals surface area (Å²) in [5.74, 6) is -0.166. The van der Waals surface area contributed by atoms with Gasteiger partial charge in [0.25, 0.3) is 0 Å². The van der Waals surface area contributed by atoms with Crippen molar-refractivity contribution in [3.8, 4) is 0 Å². The summed E-state index contributed by atoms with van der Waals surface area (Å²) in [7, 11) is -5.16.